The molecule has 1 aromatic carbocycles. The van der Waals surface area contributed by atoms with Gasteiger partial charge in [0.05, 0.1) is 0 Å². The van der Waals surface area contributed by atoms with Crippen LogP contribution < -0.4 is 0 Å². The Morgan fingerprint density at radius 1 is 1.00 bits per heavy atom. The molecule has 0 atom stereocenters. The molecule has 5 heteroatoms. The van der Waals surface area contributed by atoms with E-state index in [1.54, 1.807) is 0 Å². The predicted octanol–water partition coefficient (Wildman–Crippen LogP) is 5.59. The Balaban J connectivity index is 0. The van der Waals surface area contributed by atoms with Crippen LogP contribution in [0.2, 0.25) is 0 Å². The summed E-state index contributed by atoms with van der Waals surface area (Å²) in [5.74, 6) is 0. The fraction of sp³-hybridized carbons (Fsp3) is 0.700. The van der Waals surface area contributed by atoms with E-state index in [2.05, 4.69) is 70.1 Å². The first-order chi connectivity index (χ1) is 11.8. The van der Waals surface area contributed by atoms with E-state index in [0.29, 0.717) is 6.04 Å². The SMILES string of the molecule is CC(C)N(C)C.CCCCCCCCCc1ccccc1.O=[N+]([O-])O. The summed E-state index contributed by atoms with van der Waals surface area (Å²) in [6.45, 7) is 6.61. The van der Waals surface area contributed by atoms with Crippen molar-refractivity contribution in [3.63, 3.8) is 0 Å². The third kappa shape index (κ3) is 24.7. The molecule has 0 spiro atoms. The predicted molar refractivity (Wildman–Crippen MR) is 106 cm³/mol. The smallest absolute Gasteiger partial charge is 0.291 e. The number of benzene rings is 1. The molecule has 5 nitrogen and oxygen atoms in total. The fourth-order valence-corrected chi connectivity index (χ4v) is 1.93. The maximum Gasteiger partial charge on any atom is 0.291 e. The average molecular weight is 355 g/mol. The minimum absolute atomic E-state index is 0.685. The lowest BCUT2D eigenvalue weighted by molar-refractivity contribution is -0.742. The van der Waals surface area contributed by atoms with E-state index in [4.69, 9.17) is 15.3 Å². The molecule has 0 aliphatic carbocycles. The van der Waals surface area contributed by atoms with Gasteiger partial charge in [-0.25, -0.2) is 0 Å². The van der Waals surface area contributed by atoms with Gasteiger partial charge in [-0.1, -0.05) is 75.8 Å². The molecular formula is C20H38N2O3. The third-order valence-electron chi connectivity index (χ3n) is 3.94. The number of hydrogen-bond donors (Lipinski definition) is 1. The molecule has 1 N–H and O–H groups in total. The van der Waals surface area contributed by atoms with Gasteiger partial charge in [-0.05, 0) is 46.3 Å². The van der Waals surface area contributed by atoms with Crippen LogP contribution in [0.25, 0.3) is 0 Å². The van der Waals surface area contributed by atoms with Gasteiger partial charge in [0.1, 0.15) is 0 Å². The molecule has 0 saturated heterocycles. The molecule has 0 aliphatic rings. The highest BCUT2D eigenvalue weighted by Gasteiger charge is 1.93. The van der Waals surface area contributed by atoms with Crippen molar-refractivity contribution in [2.24, 2.45) is 0 Å². The second kappa shape index (κ2) is 18.7. The Hall–Kier alpha value is -1.62. The van der Waals surface area contributed by atoms with Crippen LogP contribution in [0, 0.1) is 10.1 Å². The molecule has 25 heavy (non-hydrogen) atoms. The lowest BCUT2D eigenvalue weighted by Crippen LogP contribution is -2.20. The molecule has 0 aromatic heterocycles. The van der Waals surface area contributed by atoms with Crippen molar-refractivity contribution in [2.75, 3.05) is 14.1 Å². The summed E-state index contributed by atoms with van der Waals surface area (Å²) in [7, 11) is 4.15. The van der Waals surface area contributed by atoms with Crippen molar-refractivity contribution in [1.82, 2.24) is 4.90 Å². The molecule has 0 bridgehead atoms. The minimum atomic E-state index is -1.50. The quantitative estimate of drug-likeness (QED) is 0.357. The van der Waals surface area contributed by atoms with Crippen molar-refractivity contribution in [3.05, 3.63) is 46.0 Å². The van der Waals surface area contributed by atoms with Crippen molar-refractivity contribution < 1.29 is 10.3 Å². The lowest BCUT2D eigenvalue weighted by Gasteiger charge is -2.12. The summed E-state index contributed by atoms with van der Waals surface area (Å²) in [6.07, 6.45) is 11.1. The van der Waals surface area contributed by atoms with Crippen molar-refractivity contribution >= 4 is 0 Å². The summed E-state index contributed by atoms with van der Waals surface area (Å²) in [6, 6.07) is 11.5. The van der Waals surface area contributed by atoms with Gasteiger partial charge in [0.15, 0.2) is 0 Å². The van der Waals surface area contributed by atoms with Crippen LogP contribution in [0.4, 0.5) is 0 Å². The highest BCUT2D eigenvalue weighted by molar-refractivity contribution is 5.14. The molecule has 0 heterocycles. The molecule has 0 aliphatic heterocycles. The second-order valence-electron chi connectivity index (χ2n) is 6.65. The molecule has 0 amide bonds. The van der Waals surface area contributed by atoms with Gasteiger partial charge in [0.25, 0.3) is 5.09 Å². The van der Waals surface area contributed by atoms with Crippen LogP contribution in [0.3, 0.4) is 0 Å². The number of nitrogens with zero attached hydrogens (tertiary/aromatic N) is 2. The summed E-state index contributed by atoms with van der Waals surface area (Å²) in [5, 5.41) is 13.6. The lowest BCUT2D eigenvalue weighted by atomic mass is 10.0. The molecule has 1 aromatic rings. The molecule has 0 radical (unpaired) electrons. The summed E-state index contributed by atoms with van der Waals surface area (Å²) in [5.41, 5.74) is 1.49. The maximum absolute atomic E-state index is 8.36. The molecule has 0 saturated carbocycles. The van der Waals surface area contributed by atoms with Crippen LogP contribution in [0.15, 0.2) is 30.3 Å². The van der Waals surface area contributed by atoms with Gasteiger partial charge in [-0.2, -0.15) is 0 Å². The zero-order valence-electron chi connectivity index (χ0n) is 16.8. The normalized spacial score (nSPS) is 9.88. The fourth-order valence-electron chi connectivity index (χ4n) is 1.93. The Morgan fingerprint density at radius 2 is 1.40 bits per heavy atom. The first kappa shape index (κ1) is 25.6. The first-order valence-corrected chi connectivity index (χ1v) is 9.34. The summed E-state index contributed by atoms with van der Waals surface area (Å²) < 4.78 is 0. The molecular weight excluding hydrogens is 316 g/mol. The molecule has 1 rings (SSSR count). The van der Waals surface area contributed by atoms with Crippen LogP contribution in [-0.4, -0.2) is 35.3 Å². The highest BCUT2D eigenvalue weighted by atomic mass is 16.9. The summed E-state index contributed by atoms with van der Waals surface area (Å²) >= 11 is 0. The van der Waals surface area contributed by atoms with Gasteiger partial charge in [0, 0.05) is 6.04 Å². The number of hydrogen-bond acceptors (Lipinski definition) is 3. The Labute approximate surface area is 154 Å². The van der Waals surface area contributed by atoms with E-state index in [1.165, 1.54) is 56.9 Å². The van der Waals surface area contributed by atoms with Gasteiger partial charge in [-0.3, -0.25) is 0 Å². The van der Waals surface area contributed by atoms with Gasteiger partial charge >= 0.3 is 0 Å². The van der Waals surface area contributed by atoms with E-state index in [-0.39, 0.29) is 0 Å². The number of unbranched alkanes of at least 4 members (excludes halogenated alkanes) is 6. The van der Waals surface area contributed by atoms with Gasteiger partial charge in [-0.15, -0.1) is 10.1 Å². The van der Waals surface area contributed by atoms with E-state index in [9.17, 15) is 0 Å². The topological polar surface area (TPSA) is 66.6 Å². The van der Waals surface area contributed by atoms with Crippen LogP contribution in [0.5, 0.6) is 0 Å². The van der Waals surface area contributed by atoms with E-state index < -0.39 is 5.09 Å². The Morgan fingerprint density at radius 3 is 1.80 bits per heavy atom. The van der Waals surface area contributed by atoms with Crippen molar-refractivity contribution in [2.45, 2.75) is 78.2 Å². The van der Waals surface area contributed by atoms with Crippen LogP contribution in [0.1, 0.15) is 71.3 Å². The third-order valence-corrected chi connectivity index (χ3v) is 3.94. The number of rotatable bonds is 9. The molecule has 146 valence electrons. The Kier molecular flexibility index (Phi) is 19.2. The van der Waals surface area contributed by atoms with E-state index in [0.717, 1.165) is 0 Å². The van der Waals surface area contributed by atoms with E-state index >= 15 is 0 Å². The van der Waals surface area contributed by atoms with Crippen molar-refractivity contribution in [1.29, 1.82) is 0 Å². The molecule has 0 fully saturated rings. The number of aryl methyl sites for hydroxylation is 1. The van der Waals surface area contributed by atoms with Gasteiger partial charge < -0.3 is 10.1 Å². The van der Waals surface area contributed by atoms with Crippen LogP contribution in [-0.2, 0) is 6.42 Å². The zero-order valence-corrected chi connectivity index (χ0v) is 16.8. The summed E-state index contributed by atoms with van der Waals surface area (Å²) in [4.78, 5) is 10.5. The highest BCUT2D eigenvalue weighted by Crippen LogP contribution is 2.10. The zero-order chi connectivity index (χ0) is 19.5. The first-order valence-electron chi connectivity index (χ1n) is 9.34. The minimum Gasteiger partial charge on any atom is -0.328 e. The maximum atomic E-state index is 8.36. The van der Waals surface area contributed by atoms with Crippen molar-refractivity contribution in [3.8, 4) is 0 Å². The Bertz CT molecular complexity index is 385. The standard InChI is InChI=1S/C15H24.C5H13N.HNO3/c1-2-3-4-5-6-7-9-12-15-13-10-8-11-14-15;1-5(2)6(3)4;2-1(3)4/h8,10-11,13-14H,2-7,9,12H2,1H3;5H,1-4H3;(H,2,3,4). The largest absolute Gasteiger partial charge is 0.328 e. The van der Waals surface area contributed by atoms with E-state index in [1.807, 2.05) is 0 Å². The van der Waals surface area contributed by atoms with Crippen LogP contribution >= 0.6 is 0 Å². The average Bonchev–Trinajstić information content (AvgIpc) is 2.55. The van der Waals surface area contributed by atoms with Gasteiger partial charge in [0.2, 0.25) is 0 Å². The monoisotopic (exact) mass is 354 g/mol. The molecule has 0 unspecified atom stereocenters. The second-order valence-corrected chi connectivity index (χ2v) is 6.65.